The highest BCUT2D eigenvalue weighted by Crippen LogP contribution is 2.23. The van der Waals surface area contributed by atoms with Gasteiger partial charge in [-0.05, 0) is 23.8 Å². The van der Waals surface area contributed by atoms with Gasteiger partial charge in [0.15, 0.2) is 0 Å². The van der Waals surface area contributed by atoms with Crippen LogP contribution in [-0.2, 0) is 6.54 Å². The van der Waals surface area contributed by atoms with Gasteiger partial charge in [0.2, 0.25) is 0 Å². The van der Waals surface area contributed by atoms with Crippen LogP contribution in [0.1, 0.15) is 22.2 Å². The average molecular weight is 348 g/mol. The molecule has 1 aromatic heterocycles. The fourth-order valence-corrected chi connectivity index (χ4v) is 3.06. The van der Waals surface area contributed by atoms with Gasteiger partial charge in [0.05, 0.1) is 19.3 Å². The van der Waals surface area contributed by atoms with E-state index >= 15 is 0 Å². The lowest BCUT2D eigenvalue weighted by Gasteiger charge is -2.25. The second-order valence-electron chi connectivity index (χ2n) is 6.18. The van der Waals surface area contributed by atoms with Crippen molar-refractivity contribution in [2.75, 3.05) is 13.7 Å². The van der Waals surface area contributed by atoms with Crippen LogP contribution in [0.5, 0.6) is 5.75 Å². The van der Waals surface area contributed by atoms with Crippen LogP contribution in [0.4, 0.5) is 0 Å². The monoisotopic (exact) mass is 348 g/mol. The number of methoxy groups -OCH3 is 1. The number of hydrogen-bond acceptors (Lipinski definition) is 4. The number of fused-ring (bicyclic) bond motifs is 1. The molecule has 0 saturated heterocycles. The number of ether oxygens (including phenoxy) is 1. The largest absolute Gasteiger partial charge is 0.497 e. The van der Waals surface area contributed by atoms with Gasteiger partial charge in [0, 0.05) is 12.1 Å². The molecule has 132 valence electrons. The molecule has 6 nitrogen and oxygen atoms in total. The minimum atomic E-state index is -0.0952. The smallest absolute Gasteiger partial charge is 0.269 e. The molecule has 4 rings (SSSR count). The third-order valence-corrected chi connectivity index (χ3v) is 4.49. The predicted molar refractivity (Wildman–Crippen MR) is 98.9 cm³/mol. The molecule has 0 radical (unpaired) electrons. The molecule has 2 heterocycles. The molecule has 3 aromatic rings. The number of rotatable bonds is 5. The number of aromatic nitrogens is 2. The van der Waals surface area contributed by atoms with Crippen LogP contribution in [0.2, 0.25) is 0 Å². The fourth-order valence-electron chi connectivity index (χ4n) is 3.06. The molecule has 1 aliphatic rings. The van der Waals surface area contributed by atoms with Gasteiger partial charge in [-0.3, -0.25) is 10.1 Å². The first-order chi connectivity index (χ1) is 12.7. The molecule has 6 heteroatoms. The number of nitrogens with one attached hydrogen (secondary N) is 2. The van der Waals surface area contributed by atoms with E-state index in [1.54, 1.807) is 11.8 Å². The lowest BCUT2D eigenvalue weighted by atomic mass is 10.1. The maximum absolute atomic E-state index is 12.2. The van der Waals surface area contributed by atoms with Gasteiger partial charge in [-0.1, -0.05) is 42.5 Å². The molecule has 1 aliphatic heterocycles. The fraction of sp³-hybridized carbons (Fsp3) is 0.200. The van der Waals surface area contributed by atoms with Crippen LogP contribution in [0.3, 0.4) is 0 Å². The summed E-state index contributed by atoms with van der Waals surface area (Å²) in [4.78, 5) is 12.2. The van der Waals surface area contributed by atoms with Crippen molar-refractivity contribution in [3.8, 4) is 17.0 Å². The molecule has 0 spiro atoms. The third-order valence-electron chi connectivity index (χ3n) is 4.49. The summed E-state index contributed by atoms with van der Waals surface area (Å²) < 4.78 is 6.97. The molecule has 2 N–H and O–H groups in total. The Bertz CT molecular complexity index is 903. The molecule has 0 unspecified atom stereocenters. The Kier molecular flexibility index (Phi) is 4.41. The van der Waals surface area contributed by atoms with E-state index in [9.17, 15) is 4.79 Å². The molecular formula is C20H20N4O2. The highest BCUT2D eigenvalue weighted by molar-refractivity contribution is 5.94. The Labute approximate surface area is 151 Å². The van der Waals surface area contributed by atoms with Crippen molar-refractivity contribution in [2.24, 2.45) is 0 Å². The normalized spacial score (nSPS) is 16.0. The van der Waals surface area contributed by atoms with Crippen LogP contribution in [0, 0.1) is 0 Å². The predicted octanol–water partition coefficient (Wildman–Crippen LogP) is 2.59. The van der Waals surface area contributed by atoms with Gasteiger partial charge in [0.1, 0.15) is 17.6 Å². The van der Waals surface area contributed by atoms with Gasteiger partial charge >= 0.3 is 0 Å². The van der Waals surface area contributed by atoms with E-state index in [1.165, 1.54) is 0 Å². The number of carbonyl (C=O) groups excluding carboxylic acids is 1. The molecule has 1 amide bonds. The van der Waals surface area contributed by atoms with Gasteiger partial charge in [-0.25, -0.2) is 4.68 Å². The van der Waals surface area contributed by atoms with Crippen molar-refractivity contribution in [3.05, 3.63) is 71.9 Å². The number of amides is 1. The highest BCUT2D eigenvalue weighted by atomic mass is 16.5. The summed E-state index contributed by atoms with van der Waals surface area (Å²) >= 11 is 0. The van der Waals surface area contributed by atoms with Crippen LogP contribution in [-0.4, -0.2) is 29.3 Å². The molecule has 0 saturated carbocycles. The van der Waals surface area contributed by atoms with Crippen LogP contribution in [0.25, 0.3) is 11.3 Å². The van der Waals surface area contributed by atoms with E-state index in [2.05, 4.69) is 15.7 Å². The maximum atomic E-state index is 12.2. The zero-order chi connectivity index (χ0) is 17.9. The summed E-state index contributed by atoms with van der Waals surface area (Å²) in [5.41, 5.74) is 3.51. The molecule has 1 atom stereocenters. The number of nitrogens with zero attached hydrogens (tertiary/aromatic N) is 2. The lowest BCUT2D eigenvalue weighted by molar-refractivity contribution is 0.0900. The van der Waals surface area contributed by atoms with Crippen LogP contribution >= 0.6 is 0 Å². The molecule has 26 heavy (non-hydrogen) atoms. The summed E-state index contributed by atoms with van der Waals surface area (Å²) in [5, 5.41) is 11.1. The zero-order valence-electron chi connectivity index (χ0n) is 14.5. The van der Waals surface area contributed by atoms with Crippen molar-refractivity contribution in [1.82, 2.24) is 20.4 Å². The van der Waals surface area contributed by atoms with Gasteiger partial charge in [0.25, 0.3) is 5.91 Å². The Morgan fingerprint density at radius 2 is 1.96 bits per heavy atom. The summed E-state index contributed by atoms with van der Waals surface area (Å²) in [6, 6.07) is 19.6. The van der Waals surface area contributed by atoms with Crippen molar-refractivity contribution >= 4 is 5.91 Å². The Balaban J connectivity index is 1.54. The van der Waals surface area contributed by atoms with E-state index < -0.39 is 0 Å². The Morgan fingerprint density at radius 1 is 1.19 bits per heavy atom. The number of hydrogen-bond donors (Lipinski definition) is 2. The zero-order valence-corrected chi connectivity index (χ0v) is 14.5. The van der Waals surface area contributed by atoms with Crippen LogP contribution < -0.4 is 15.4 Å². The molecule has 2 aromatic carbocycles. The summed E-state index contributed by atoms with van der Waals surface area (Å²) in [6.07, 6.45) is -0.0951. The second-order valence-corrected chi connectivity index (χ2v) is 6.18. The number of benzene rings is 2. The first-order valence-electron chi connectivity index (χ1n) is 8.54. The SMILES string of the molecule is COc1ccc(CN[C@H]2CNC(=O)c3cc(-c4ccccc4)nn32)cc1. The van der Waals surface area contributed by atoms with E-state index in [-0.39, 0.29) is 12.1 Å². The standard InChI is InChI=1S/C20H20N4O2/c1-26-16-9-7-14(8-10-16)12-21-19-13-22-20(25)18-11-17(23-24(18)19)15-5-3-2-4-6-15/h2-11,19,21H,12-13H2,1H3,(H,22,25)/t19-/m1/s1. The Hall–Kier alpha value is -3.12. The van der Waals surface area contributed by atoms with Crippen molar-refractivity contribution in [3.63, 3.8) is 0 Å². The van der Waals surface area contributed by atoms with Gasteiger partial charge in [-0.2, -0.15) is 5.10 Å². The van der Waals surface area contributed by atoms with E-state index in [0.717, 1.165) is 22.6 Å². The minimum Gasteiger partial charge on any atom is -0.497 e. The summed E-state index contributed by atoms with van der Waals surface area (Å²) in [7, 11) is 1.65. The maximum Gasteiger partial charge on any atom is 0.269 e. The van der Waals surface area contributed by atoms with Crippen molar-refractivity contribution < 1.29 is 9.53 Å². The Morgan fingerprint density at radius 3 is 2.69 bits per heavy atom. The van der Waals surface area contributed by atoms with E-state index in [1.807, 2.05) is 60.7 Å². The molecule has 0 aliphatic carbocycles. The van der Waals surface area contributed by atoms with Crippen molar-refractivity contribution in [2.45, 2.75) is 12.7 Å². The van der Waals surface area contributed by atoms with E-state index in [0.29, 0.717) is 18.8 Å². The van der Waals surface area contributed by atoms with Crippen LogP contribution in [0.15, 0.2) is 60.7 Å². The first kappa shape index (κ1) is 16.4. The summed E-state index contributed by atoms with van der Waals surface area (Å²) in [5.74, 6) is 0.739. The molecular weight excluding hydrogens is 328 g/mol. The average Bonchev–Trinajstić information content (AvgIpc) is 3.15. The minimum absolute atomic E-state index is 0.0951. The quantitative estimate of drug-likeness (QED) is 0.744. The number of carbonyl (C=O) groups is 1. The summed E-state index contributed by atoms with van der Waals surface area (Å²) in [6.45, 7) is 1.17. The third kappa shape index (κ3) is 3.19. The highest BCUT2D eigenvalue weighted by Gasteiger charge is 2.27. The molecule has 0 fully saturated rings. The van der Waals surface area contributed by atoms with Gasteiger partial charge < -0.3 is 10.1 Å². The first-order valence-corrected chi connectivity index (χ1v) is 8.54. The van der Waals surface area contributed by atoms with E-state index in [4.69, 9.17) is 4.74 Å². The van der Waals surface area contributed by atoms with Crippen molar-refractivity contribution in [1.29, 1.82) is 0 Å². The lowest BCUT2D eigenvalue weighted by Crippen LogP contribution is -2.45. The van der Waals surface area contributed by atoms with Gasteiger partial charge in [-0.15, -0.1) is 0 Å². The topological polar surface area (TPSA) is 68.2 Å². The second kappa shape index (κ2) is 7.01. The molecule has 0 bridgehead atoms.